The molecule has 0 bridgehead atoms. The van der Waals surface area contributed by atoms with Gasteiger partial charge in [-0.15, -0.1) is 11.6 Å². The van der Waals surface area contributed by atoms with Crippen LogP contribution in [0.4, 0.5) is 0 Å². The highest BCUT2D eigenvalue weighted by atomic mass is 35.5. The normalized spacial score (nSPS) is 24.6. The lowest BCUT2D eigenvalue weighted by Gasteiger charge is -2.28. The van der Waals surface area contributed by atoms with E-state index >= 15 is 0 Å². The number of halogens is 1. The summed E-state index contributed by atoms with van der Waals surface area (Å²) in [6.45, 7) is 2.35. The third-order valence-corrected chi connectivity index (χ3v) is 4.38. The molecule has 96 valence electrons. The Hall–Kier alpha value is -1.02. The highest BCUT2D eigenvalue weighted by Crippen LogP contribution is 2.35. The number of alkyl halides is 1. The maximum Gasteiger partial charge on any atom is 0.125 e. The van der Waals surface area contributed by atoms with Gasteiger partial charge >= 0.3 is 0 Å². The first-order chi connectivity index (χ1) is 8.79. The van der Waals surface area contributed by atoms with Crippen molar-refractivity contribution in [1.29, 1.82) is 0 Å². The minimum Gasteiger partial charge on any atom is -0.324 e. The van der Waals surface area contributed by atoms with Crippen LogP contribution in [0, 0.1) is 5.92 Å². The third kappa shape index (κ3) is 2.03. The van der Waals surface area contributed by atoms with Crippen LogP contribution >= 0.6 is 11.6 Å². The van der Waals surface area contributed by atoms with Gasteiger partial charge in [-0.1, -0.05) is 19.1 Å². The number of aromatic nitrogens is 2. The highest BCUT2D eigenvalue weighted by molar-refractivity contribution is 6.16. The van der Waals surface area contributed by atoms with Gasteiger partial charge in [0.1, 0.15) is 5.82 Å². The molecule has 3 heteroatoms. The Morgan fingerprint density at radius 2 is 1.94 bits per heavy atom. The fraction of sp³-hybridized carbons (Fsp3) is 0.533. The Balaban J connectivity index is 2.04. The molecule has 2 aromatic rings. The standard InChI is InChI=1S/C15H19ClN2/c1-11-6-8-12(9-7-11)18-14-5-3-2-4-13(14)17-15(18)10-16/h2-5,11-12H,6-10H2,1H3. The molecule has 0 saturated heterocycles. The summed E-state index contributed by atoms with van der Waals surface area (Å²) >= 11 is 6.07. The van der Waals surface area contributed by atoms with Crippen LogP contribution in [0.2, 0.25) is 0 Å². The van der Waals surface area contributed by atoms with Crippen molar-refractivity contribution in [3.05, 3.63) is 30.1 Å². The Morgan fingerprint density at radius 3 is 2.67 bits per heavy atom. The number of imidazole rings is 1. The van der Waals surface area contributed by atoms with Gasteiger partial charge in [-0.2, -0.15) is 0 Å². The van der Waals surface area contributed by atoms with Crippen molar-refractivity contribution >= 4 is 22.6 Å². The average Bonchev–Trinajstić information content (AvgIpc) is 2.78. The second kappa shape index (κ2) is 4.93. The number of para-hydroxylation sites is 2. The molecule has 0 amide bonds. The van der Waals surface area contributed by atoms with E-state index in [1.54, 1.807) is 0 Å². The zero-order valence-corrected chi connectivity index (χ0v) is 11.5. The lowest BCUT2D eigenvalue weighted by molar-refractivity contribution is 0.290. The smallest absolute Gasteiger partial charge is 0.125 e. The Bertz CT molecular complexity index is 538. The van der Waals surface area contributed by atoms with Gasteiger partial charge in [-0.3, -0.25) is 0 Å². The maximum atomic E-state index is 6.07. The van der Waals surface area contributed by atoms with Crippen molar-refractivity contribution in [3.8, 4) is 0 Å². The first kappa shape index (κ1) is 12.0. The van der Waals surface area contributed by atoms with Crippen molar-refractivity contribution in [1.82, 2.24) is 9.55 Å². The summed E-state index contributed by atoms with van der Waals surface area (Å²) in [6, 6.07) is 8.95. The van der Waals surface area contributed by atoms with Crippen LogP contribution in [0.1, 0.15) is 44.5 Å². The second-order valence-electron chi connectivity index (χ2n) is 5.43. The molecule has 1 fully saturated rings. The molecule has 1 aromatic heterocycles. The van der Waals surface area contributed by atoms with Crippen molar-refractivity contribution in [2.45, 2.75) is 44.5 Å². The minimum atomic E-state index is 0.501. The van der Waals surface area contributed by atoms with Crippen LogP contribution in [-0.4, -0.2) is 9.55 Å². The topological polar surface area (TPSA) is 17.8 Å². The van der Waals surface area contributed by atoms with Crippen LogP contribution in [0.5, 0.6) is 0 Å². The van der Waals surface area contributed by atoms with Gasteiger partial charge in [0.15, 0.2) is 0 Å². The molecule has 0 atom stereocenters. The van der Waals surface area contributed by atoms with Gasteiger partial charge in [-0.25, -0.2) is 4.98 Å². The number of fused-ring (bicyclic) bond motifs is 1. The number of benzene rings is 1. The van der Waals surface area contributed by atoms with Gasteiger partial charge in [-0.05, 0) is 43.7 Å². The monoisotopic (exact) mass is 262 g/mol. The number of hydrogen-bond donors (Lipinski definition) is 0. The molecule has 18 heavy (non-hydrogen) atoms. The van der Waals surface area contributed by atoms with E-state index in [2.05, 4.69) is 34.7 Å². The zero-order chi connectivity index (χ0) is 12.5. The maximum absolute atomic E-state index is 6.07. The summed E-state index contributed by atoms with van der Waals surface area (Å²) < 4.78 is 2.38. The van der Waals surface area contributed by atoms with Gasteiger partial charge in [0.05, 0.1) is 16.9 Å². The van der Waals surface area contributed by atoms with Crippen LogP contribution in [-0.2, 0) is 5.88 Å². The van der Waals surface area contributed by atoms with Crippen molar-refractivity contribution < 1.29 is 0 Å². The Morgan fingerprint density at radius 1 is 1.22 bits per heavy atom. The molecule has 0 unspecified atom stereocenters. The van der Waals surface area contributed by atoms with Crippen LogP contribution in [0.15, 0.2) is 24.3 Å². The molecule has 1 heterocycles. The molecule has 2 nitrogen and oxygen atoms in total. The molecule has 1 aliphatic rings. The lowest BCUT2D eigenvalue weighted by Crippen LogP contribution is -2.18. The predicted molar refractivity (Wildman–Crippen MR) is 76.0 cm³/mol. The third-order valence-electron chi connectivity index (χ3n) is 4.14. The Labute approximate surface area is 113 Å². The van der Waals surface area contributed by atoms with Gasteiger partial charge in [0, 0.05) is 6.04 Å². The van der Waals surface area contributed by atoms with E-state index < -0.39 is 0 Å². The van der Waals surface area contributed by atoms with E-state index in [1.165, 1.54) is 31.2 Å². The molecule has 0 spiro atoms. The summed E-state index contributed by atoms with van der Waals surface area (Å²) in [4.78, 5) is 4.66. The molecule has 1 aliphatic carbocycles. The van der Waals surface area contributed by atoms with Crippen LogP contribution in [0.3, 0.4) is 0 Å². The van der Waals surface area contributed by atoms with E-state index in [1.807, 2.05) is 6.07 Å². The summed E-state index contributed by atoms with van der Waals surface area (Å²) in [6.07, 6.45) is 5.15. The van der Waals surface area contributed by atoms with Crippen molar-refractivity contribution in [2.24, 2.45) is 5.92 Å². The molecule has 3 rings (SSSR count). The molecular weight excluding hydrogens is 244 g/mol. The van der Waals surface area contributed by atoms with Crippen molar-refractivity contribution in [2.75, 3.05) is 0 Å². The summed E-state index contributed by atoms with van der Waals surface area (Å²) in [5, 5.41) is 0. The zero-order valence-electron chi connectivity index (χ0n) is 10.8. The quantitative estimate of drug-likeness (QED) is 0.728. The predicted octanol–water partition coefficient (Wildman–Crippen LogP) is 4.53. The first-order valence-corrected chi connectivity index (χ1v) is 7.35. The Kier molecular flexibility index (Phi) is 3.29. The fourth-order valence-electron chi connectivity index (χ4n) is 3.10. The van der Waals surface area contributed by atoms with Gasteiger partial charge < -0.3 is 4.57 Å². The highest BCUT2D eigenvalue weighted by Gasteiger charge is 2.23. The number of hydrogen-bond acceptors (Lipinski definition) is 1. The molecular formula is C15H19ClN2. The summed E-state index contributed by atoms with van der Waals surface area (Å²) in [5.74, 6) is 2.40. The molecule has 1 saturated carbocycles. The van der Waals surface area contributed by atoms with Gasteiger partial charge in [0.25, 0.3) is 0 Å². The van der Waals surface area contributed by atoms with E-state index in [0.717, 1.165) is 17.3 Å². The average molecular weight is 263 g/mol. The van der Waals surface area contributed by atoms with E-state index in [9.17, 15) is 0 Å². The van der Waals surface area contributed by atoms with E-state index in [4.69, 9.17) is 11.6 Å². The number of nitrogens with zero attached hydrogens (tertiary/aromatic N) is 2. The molecule has 0 radical (unpaired) electrons. The van der Waals surface area contributed by atoms with E-state index in [0.29, 0.717) is 11.9 Å². The number of rotatable bonds is 2. The van der Waals surface area contributed by atoms with Crippen molar-refractivity contribution in [3.63, 3.8) is 0 Å². The largest absolute Gasteiger partial charge is 0.324 e. The lowest BCUT2D eigenvalue weighted by atomic mass is 9.87. The summed E-state index contributed by atoms with van der Waals surface area (Å²) in [7, 11) is 0. The molecule has 0 aliphatic heterocycles. The molecule has 1 aromatic carbocycles. The van der Waals surface area contributed by atoms with Crippen LogP contribution in [0.25, 0.3) is 11.0 Å². The molecule has 0 N–H and O–H groups in total. The van der Waals surface area contributed by atoms with Crippen LogP contribution < -0.4 is 0 Å². The second-order valence-corrected chi connectivity index (χ2v) is 5.70. The minimum absolute atomic E-state index is 0.501. The summed E-state index contributed by atoms with van der Waals surface area (Å²) in [5.41, 5.74) is 2.32. The van der Waals surface area contributed by atoms with E-state index in [-0.39, 0.29) is 0 Å². The first-order valence-electron chi connectivity index (χ1n) is 6.81. The SMILES string of the molecule is CC1CCC(n2c(CCl)nc3ccccc32)CC1. The fourth-order valence-corrected chi connectivity index (χ4v) is 3.29. The van der Waals surface area contributed by atoms with Gasteiger partial charge in [0.2, 0.25) is 0 Å².